The molecule has 0 radical (unpaired) electrons. The zero-order valence-corrected chi connectivity index (χ0v) is 14.9. The molecule has 0 aliphatic carbocycles. The van der Waals surface area contributed by atoms with Gasteiger partial charge in [0.05, 0.1) is 23.2 Å². The fourth-order valence-electron chi connectivity index (χ4n) is 3.53. The predicted octanol–water partition coefficient (Wildman–Crippen LogP) is 0.207. The van der Waals surface area contributed by atoms with E-state index in [4.69, 9.17) is 4.74 Å². The largest absolute Gasteiger partial charge is 0.390 e. The molecule has 0 saturated carbocycles. The number of likely N-dealkylation sites (tertiary alicyclic amines) is 1. The first-order chi connectivity index (χ1) is 11.7. The van der Waals surface area contributed by atoms with Gasteiger partial charge in [-0.2, -0.15) is 0 Å². The Labute approximate surface area is 147 Å². The number of carbonyl (C=O) groups is 1. The molecule has 0 unspecified atom stereocenters. The number of hydrogen-bond donors (Lipinski definition) is 2. The highest BCUT2D eigenvalue weighted by atomic mass is 32.2. The summed E-state index contributed by atoms with van der Waals surface area (Å²) in [4.78, 5) is 14.4. The third-order valence-corrected chi connectivity index (χ3v) is 6.26. The molecule has 1 aromatic carbocycles. The summed E-state index contributed by atoms with van der Waals surface area (Å²) in [5.74, 6) is -0.180. The van der Waals surface area contributed by atoms with E-state index in [0.717, 1.165) is 6.26 Å². The van der Waals surface area contributed by atoms with Crippen molar-refractivity contribution in [1.82, 2.24) is 4.90 Å². The van der Waals surface area contributed by atoms with E-state index < -0.39 is 27.6 Å². The molecule has 2 fully saturated rings. The van der Waals surface area contributed by atoms with Gasteiger partial charge in [0.25, 0.3) is 5.91 Å². The Hall–Kier alpha value is -1.48. The average Bonchev–Trinajstić information content (AvgIpc) is 2.59. The number of aliphatic hydroxyl groups excluding tert-OH is 2. The van der Waals surface area contributed by atoms with Crippen molar-refractivity contribution in [2.24, 2.45) is 0 Å². The summed E-state index contributed by atoms with van der Waals surface area (Å²) in [5.41, 5.74) is -0.359. The van der Waals surface area contributed by atoms with Crippen molar-refractivity contribution >= 4 is 15.7 Å². The van der Waals surface area contributed by atoms with Crippen LogP contribution in [0, 0.1) is 0 Å². The van der Waals surface area contributed by atoms with E-state index in [-0.39, 0.29) is 10.8 Å². The number of piperidine rings is 1. The average molecular weight is 369 g/mol. The summed E-state index contributed by atoms with van der Waals surface area (Å²) in [6.07, 6.45) is 0.722. The van der Waals surface area contributed by atoms with Crippen LogP contribution in [0.15, 0.2) is 29.2 Å². The van der Waals surface area contributed by atoms with E-state index >= 15 is 0 Å². The topological polar surface area (TPSA) is 104 Å². The Kier molecular flexibility index (Phi) is 4.89. The van der Waals surface area contributed by atoms with E-state index in [1.807, 2.05) is 0 Å². The molecular formula is C17H23NO6S. The monoisotopic (exact) mass is 369 g/mol. The smallest absolute Gasteiger partial charge is 0.253 e. The summed E-state index contributed by atoms with van der Waals surface area (Å²) >= 11 is 0. The Morgan fingerprint density at radius 1 is 1.20 bits per heavy atom. The number of hydrogen-bond acceptors (Lipinski definition) is 6. The molecule has 2 aliphatic heterocycles. The molecule has 2 aliphatic rings. The SMILES string of the molecule is CS(=O)(=O)c1ccc(C(=O)N2CCC3(CC2)OCC[C@H](O)[C@@H]3O)cc1. The van der Waals surface area contributed by atoms with Crippen molar-refractivity contribution in [2.75, 3.05) is 26.0 Å². The summed E-state index contributed by atoms with van der Waals surface area (Å²) in [5, 5.41) is 20.1. The van der Waals surface area contributed by atoms with Gasteiger partial charge in [-0.3, -0.25) is 4.79 Å². The molecule has 0 bridgehead atoms. The molecule has 1 spiro atoms. The quantitative estimate of drug-likeness (QED) is 0.772. The number of carbonyl (C=O) groups excluding carboxylic acids is 1. The molecule has 1 amide bonds. The van der Waals surface area contributed by atoms with Crippen molar-refractivity contribution < 1.29 is 28.2 Å². The number of amides is 1. The first kappa shape index (κ1) is 18.3. The number of benzene rings is 1. The van der Waals surface area contributed by atoms with Gasteiger partial charge in [0.15, 0.2) is 9.84 Å². The van der Waals surface area contributed by atoms with Crippen LogP contribution in [0.5, 0.6) is 0 Å². The minimum absolute atomic E-state index is 0.175. The molecule has 25 heavy (non-hydrogen) atoms. The number of sulfone groups is 1. The van der Waals surface area contributed by atoms with Crippen LogP contribution >= 0.6 is 0 Å². The normalized spacial score (nSPS) is 26.6. The maximum absolute atomic E-state index is 12.6. The van der Waals surface area contributed by atoms with E-state index in [1.165, 1.54) is 24.3 Å². The molecule has 1 aromatic rings. The van der Waals surface area contributed by atoms with Gasteiger partial charge in [-0.25, -0.2) is 8.42 Å². The third kappa shape index (κ3) is 3.57. The lowest BCUT2D eigenvalue weighted by atomic mass is 9.80. The molecule has 3 rings (SSSR count). The molecule has 2 saturated heterocycles. The number of ether oxygens (including phenoxy) is 1. The van der Waals surface area contributed by atoms with E-state index in [0.29, 0.717) is 44.5 Å². The van der Waals surface area contributed by atoms with Crippen molar-refractivity contribution in [3.8, 4) is 0 Å². The van der Waals surface area contributed by atoms with Gasteiger partial charge >= 0.3 is 0 Å². The standard InChI is InChI=1S/C17H23NO6S/c1-25(22,23)13-4-2-12(3-5-13)16(21)18-9-7-17(8-10-18)15(20)14(19)6-11-24-17/h2-5,14-15,19-20H,6-11H2,1H3/t14-,15-/m0/s1. The van der Waals surface area contributed by atoms with Gasteiger partial charge in [-0.1, -0.05) is 0 Å². The first-order valence-electron chi connectivity index (χ1n) is 8.32. The van der Waals surface area contributed by atoms with Crippen LogP contribution in [-0.4, -0.2) is 73.2 Å². The highest BCUT2D eigenvalue weighted by Crippen LogP contribution is 2.35. The summed E-state index contributed by atoms with van der Waals surface area (Å²) in [6.45, 7) is 1.23. The summed E-state index contributed by atoms with van der Waals surface area (Å²) in [7, 11) is -3.29. The van der Waals surface area contributed by atoms with E-state index in [1.54, 1.807) is 4.90 Å². The molecule has 2 heterocycles. The second kappa shape index (κ2) is 6.68. The predicted molar refractivity (Wildman–Crippen MR) is 90.0 cm³/mol. The highest BCUT2D eigenvalue weighted by Gasteiger charge is 2.48. The van der Waals surface area contributed by atoms with Gasteiger partial charge in [-0.05, 0) is 43.5 Å². The lowest BCUT2D eigenvalue weighted by Gasteiger charge is -2.48. The van der Waals surface area contributed by atoms with Crippen molar-refractivity contribution in [3.05, 3.63) is 29.8 Å². The minimum Gasteiger partial charge on any atom is -0.390 e. The van der Waals surface area contributed by atoms with Crippen molar-refractivity contribution in [2.45, 2.75) is 42.0 Å². The summed E-state index contributed by atoms with van der Waals surface area (Å²) < 4.78 is 28.7. The van der Waals surface area contributed by atoms with E-state index in [2.05, 4.69) is 0 Å². The second-order valence-corrected chi connectivity index (χ2v) is 8.82. The number of nitrogens with zero attached hydrogens (tertiary/aromatic N) is 1. The highest BCUT2D eigenvalue weighted by molar-refractivity contribution is 7.90. The molecule has 0 aromatic heterocycles. The van der Waals surface area contributed by atoms with Gasteiger partial charge in [-0.15, -0.1) is 0 Å². The molecular weight excluding hydrogens is 346 g/mol. The van der Waals surface area contributed by atoms with Crippen LogP contribution in [0.2, 0.25) is 0 Å². The molecule has 2 N–H and O–H groups in total. The fourth-order valence-corrected chi connectivity index (χ4v) is 4.16. The van der Waals surface area contributed by atoms with Crippen LogP contribution in [0.25, 0.3) is 0 Å². The zero-order valence-electron chi connectivity index (χ0n) is 14.1. The molecule has 138 valence electrons. The van der Waals surface area contributed by atoms with Crippen molar-refractivity contribution in [3.63, 3.8) is 0 Å². The first-order valence-corrected chi connectivity index (χ1v) is 10.2. The Bertz CT molecular complexity index is 737. The lowest BCUT2D eigenvalue weighted by Crippen LogP contribution is -2.60. The second-order valence-electron chi connectivity index (χ2n) is 6.80. The minimum atomic E-state index is -3.29. The number of aliphatic hydroxyl groups is 2. The van der Waals surface area contributed by atoms with Gasteiger partial charge < -0.3 is 19.8 Å². The third-order valence-electron chi connectivity index (χ3n) is 5.13. The Morgan fingerprint density at radius 2 is 1.80 bits per heavy atom. The number of rotatable bonds is 2. The lowest BCUT2D eigenvalue weighted by molar-refractivity contribution is -0.212. The van der Waals surface area contributed by atoms with Gasteiger partial charge in [0.2, 0.25) is 0 Å². The summed E-state index contributed by atoms with van der Waals surface area (Å²) in [6, 6.07) is 5.88. The van der Waals surface area contributed by atoms with Crippen LogP contribution in [0.4, 0.5) is 0 Å². The van der Waals surface area contributed by atoms with Crippen LogP contribution in [-0.2, 0) is 14.6 Å². The maximum Gasteiger partial charge on any atom is 0.253 e. The fraction of sp³-hybridized carbons (Fsp3) is 0.588. The molecule has 2 atom stereocenters. The maximum atomic E-state index is 12.6. The Balaban J connectivity index is 1.67. The van der Waals surface area contributed by atoms with Gasteiger partial charge in [0, 0.05) is 24.9 Å². The van der Waals surface area contributed by atoms with Crippen LogP contribution in [0.1, 0.15) is 29.6 Å². The van der Waals surface area contributed by atoms with E-state index in [9.17, 15) is 23.4 Å². The Morgan fingerprint density at radius 3 is 2.36 bits per heavy atom. The van der Waals surface area contributed by atoms with Gasteiger partial charge in [0.1, 0.15) is 6.10 Å². The zero-order chi connectivity index (χ0) is 18.2. The molecule has 8 heteroatoms. The van der Waals surface area contributed by atoms with Crippen LogP contribution in [0.3, 0.4) is 0 Å². The molecule has 7 nitrogen and oxygen atoms in total. The van der Waals surface area contributed by atoms with Crippen LogP contribution < -0.4 is 0 Å². The van der Waals surface area contributed by atoms with Crippen molar-refractivity contribution in [1.29, 1.82) is 0 Å².